The number of carbonyl (C=O) groups is 1. The number of nitrogens with one attached hydrogen (secondary N) is 1. The number of carbonyl (C=O) groups excluding carboxylic acids is 1. The Kier molecular flexibility index (Phi) is 18.0. The molecule has 2 rings (SSSR count). The summed E-state index contributed by atoms with van der Waals surface area (Å²) in [6.07, 6.45) is 21.8. The lowest BCUT2D eigenvalue weighted by atomic mass is 10.0. The predicted octanol–water partition coefficient (Wildman–Crippen LogP) is 6.73. The summed E-state index contributed by atoms with van der Waals surface area (Å²) in [5, 5.41) is 18.7. The summed E-state index contributed by atoms with van der Waals surface area (Å²) in [5.74, 6) is -0.996. The summed E-state index contributed by atoms with van der Waals surface area (Å²) >= 11 is 5.82. The van der Waals surface area contributed by atoms with Gasteiger partial charge in [-0.2, -0.15) is 0 Å². The van der Waals surface area contributed by atoms with Gasteiger partial charge in [-0.25, -0.2) is 13.6 Å². The van der Waals surface area contributed by atoms with Gasteiger partial charge in [0.25, 0.3) is 0 Å². The van der Waals surface area contributed by atoms with Crippen molar-refractivity contribution >= 4 is 33.3 Å². The molecule has 0 atom stereocenters. The first-order valence-electron chi connectivity index (χ1n) is 15.0. The number of hydrogen-bond donors (Lipinski definition) is 2. The highest BCUT2D eigenvalue weighted by atomic mass is 35.5. The second kappa shape index (κ2) is 19.9. The fourth-order valence-electron chi connectivity index (χ4n) is 4.46. The average molecular weight is 614 g/mol. The smallest absolute Gasteiger partial charge is 0.239 e. The Morgan fingerprint density at radius 2 is 1.44 bits per heavy atom. The van der Waals surface area contributed by atoms with E-state index in [0.717, 1.165) is 16.6 Å². The number of aromatic carboxylic acids is 1. The van der Waals surface area contributed by atoms with E-state index in [-0.39, 0.29) is 22.8 Å². The summed E-state index contributed by atoms with van der Waals surface area (Å²) in [6, 6.07) is 5.38. The molecule has 3 N–H and O–H groups in total. The topological polar surface area (TPSA) is 125 Å². The van der Waals surface area contributed by atoms with Crippen molar-refractivity contribution in [3.8, 4) is 0 Å². The minimum atomic E-state index is -4.13. The molecule has 1 aromatic heterocycles. The number of unbranched alkanes of at least 4 members (excludes halogenated alkanes) is 13. The number of sulfonamides is 1. The zero-order valence-electron chi connectivity index (χ0n) is 25.6. The van der Waals surface area contributed by atoms with Crippen molar-refractivity contribution in [2.75, 3.05) is 33.0 Å². The summed E-state index contributed by atoms with van der Waals surface area (Å²) in [5.41, 5.74) is -0.265. The number of nitrogens with zero attached hydrogens (tertiary/aromatic N) is 1. The fourth-order valence-corrected chi connectivity index (χ4v) is 5.56. The quantitative estimate of drug-likeness (QED) is 0.126. The van der Waals surface area contributed by atoms with Gasteiger partial charge in [0.05, 0.1) is 51.5 Å². The van der Waals surface area contributed by atoms with E-state index in [4.69, 9.17) is 21.2 Å². The van der Waals surface area contributed by atoms with Crippen LogP contribution >= 0.6 is 11.6 Å². The molecule has 0 bridgehead atoms. The number of carboxylic acid groups (broad SMARTS) is 1. The molecule has 0 aliphatic heterocycles. The Hall–Kier alpha value is -2.07. The Labute approximate surface area is 253 Å². The Morgan fingerprint density at radius 3 is 1.85 bits per heavy atom. The Morgan fingerprint density at radius 1 is 0.927 bits per heavy atom. The first-order valence-corrected chi connectivity index (χ1v) is 16.9. The molecule has 41 heavy (non-hydrogen) atoms. The number of anilines is 1. The number of carboxylic acids is 1. The molecule has 0 aliphatic rings. The molecule has 2 aromatic rings. The van der Waals surface area contributed by atoms with Gasteiger partial charge >= 0.3 is 0 Å². The van der Waals surface area contributed by atoms with E-state index >= 15 is 0 Å². The van der Waals surface area contributed by atoms with E-state index in [0.29, 0.717) is 5.76 Å². The average Bonchev–Trinajstić information content (AvgIpc) is 3.40. The van der Waals surface area contributed by atoms with E-state index in [2.05, 4.69) is 33.4 Å². The molecule has 8 nitrogen and oxygen atoms in total. The van der Waals surface area contributed by atoms with Crippen LogP contribution < -0.4 is 15.6 Å². The molecule has 1 heterocycles. The zero-order chi connectivity index (χ0) is 30.7. The molecular formula is C31H52ClN3O5S. The van der Waals surface area contributed by atoms with Crippen LogP contribution in [0.4, 0.5) is 5.69 Å². The summed E-state index contributed by atoms with van der Waals surface area (Å²) in [7, 11) is 2.75. The first-order chi connectivity index (χ1) is 19.3. The number of nitrogens with two attached hydrogens (primary N) is 1. The van der Waals surface area contributed by atoms with Gasteiger partial charge in [0.2, 0.25) is 10.0 Å². The third-order valence-corrected chi connectivity index (χ3v) is 8.19. The van der Waals surface area contributed by atoms with E-state index < -0.39 is 20.9 Å². The molecule has 0 fully saturated rings. The third kappa shape index (κ3) is 17.5. The molecule has 0 amide bonds. The zero-order valence-corrected chi connectivity index (χ0v) is 27.1. The minimum Gasteiger partial charge on any atom is -0.545 e. The van der Waals surface area contributed by atoms with E-state index in [1.165, 1.54) is 103 Å². The van der Waals surface area contributed by atoms with Crippen molar-refractivity contribution in [2.24, 2.45) is 5.14 Å². The van der Waals surface area contributed by atoms with Gasteiger partial charge in [-0.15, -0.1) is 0 Å². The molecular weight excluding hydrogens is 562 g/mol. The molecule has 234 valence electrons. The van der Waals surface area contributed by atoms with E-state index in [9.17, 15) is 18.3 Å². The van der Waals surface area contributed by atoms with Gasteiger partial charge in [-0.3, -0.25) is 0 Å². The first kappa shape index (κ1) is 37.0. The van der Waals surface area contributed by atoms with Crippen LogP contribution in [0.5, 0.6) is 0 Å². The Bertz CT molecular complexity index is 1100. The van der Waals surface area contributed by atoms with E-state index in [1.807, 2.05) is 0 Å². The molecule has 0 spiro atoms. The Balaban J connectivity index is 0.000000411. The van der Waals surface area contributed by atoms with E-state index in [1.54, 1.807) is 12.1 Å². The second-order valence-corrected chi connectivity index (χ2v) is 13.6. The summed E-state index contributed by atoms with van der Waals surface area (Å²) < 4.78 is 28.9. The predicted molar refractivity (Wildman–Crippen MR) is 166 cm³/mol. The highest BCUT2D eigenvalue weighted by Gasteiger charge is 2.17. The van der Waals surface area contributed by atoms with Crippen molar-refractivity contribution in [3.05, 3.63) is 46.9 Å². The van der Waals surface area contributed by atoms with Crippen molar-refractivity contribution in [1.82, 2.24) is 0 Å². The standard InChI is InChI=1S/C19H42N.C12H11ClN2O5S/c1-5-6-7-8-9-10-11-12-13-14-15-16-17-18-19-20(2,3)4;13-9-5-10(15-6-7-2-1-3-20-7)8(12(16)17)4-11(9)21(14,18)19/h5-19H2,1-4H3;1-5,15H,6H2,(H,16,17)(H2,14,18,19)/q+1;/p-1. The lowest BCUT2D eigenvalue weighted by Gasteiger charge is -2.23. The van der Waals surface area contributed by atoms with Crippen molar-refractivity contribution in [2.45, 2.75) is 108 Å². The lowest BCUT2D eigenvalue weighted by Crippen LogP contribution is -2.35. The minimum absolute atomic E-state index is 0.101. The van der Waals surface area contributed by atoms with Gasteiger partial charge in [-0.05, 0) is 37.1 Å². The molecule has 0 saturated heterocycles. The van der Waals surface area contributed by atoms with Crippen LogP contribution in [-0.2, 0) is 16.6 Å². The van der Waals surface area contributed by atoms with Crippen molar-refractivity contribution in [3.63, 3.8) is 0 Å². The van der Waals surface area contributed by atoms with Crippen LogP contribution in [0.15, 0.2) is 39.8 Å². The molecule has 0 aliphatic carbocycles. The highest BCUT2D eigenvalue weighted by molar-refractivity contribution is 7.89. The lowest BCUT2D eigenvalue weighted by molar-refractivity contribution is -0.870. The molecule has 10 heteroatoms. The number of quaternary nitrogens is 1. The third-order valence-electron chi connectivity index (χ3n) is 6.81. The molecule has 0 radical (unpaired) electrons. The maximum absolute atomic E-state index is 11.3. The second-order valence-electron chi connectivity index (χ2n) is 11.7. The monoisotopic (exact) mass is 613 g/mol. The molecule has 0 unspecified atom stereocenters. The van der Waals surface area contributed by atoms with Crippen LogP contribution in [0.2, 0.25) is 5.02 Å². The van der Waals surface area contributed by atoms with Gasteiger partial charge < -0.3 is 24.1 Å². The summed E-state index contributed by atoms with van der Waals surface area (Å²) in [4.78, 5) is 10.6. The maximum atomic E-state index is 11.3. The van der Waals surface area contributed by atoms with Crippen molar-refractivity contribution < 1.29 is 27.2 Å². The van der Waals surface area contributed by atoms with Crippen LogP contribution in [0.25, 0.3) is 0 Å². The number of hydrogen-bond acceptors (Lipinski definition) is 6. The SMILES string of the molecule is CCCCCCCCCCCCCCCC[N+](C)(C)C.NS(=O)(=O)c1cc(C(=O)[O-])c(NCc2ccco2)cc1Cl. The number of furan rings is 1. The number of halogens is 1. The number of rotatable bonds is 20. The van der Waals surface area contributed by atoms with Gasteiger partial charge in [-0.1, -0.05) is 95.6 Å². The fraction of sp³-hybridized carbons (Fsp3) is 0.645. The van der Waals surface area contributed by atoms with Crippen molar-refractivity contribution in [1.29, 1.82) is 0 Å². The van der Waals surface area contributed by atoms with Gasteiger partial charge in [0.1, 0.15) is 10.7 Å². The largest absolute Gasteiger partial charge is 0.545 e. The van der Waals surface area contributed by atoms with Gasteiger partial charge in [0, 0.05) is 11.3 Å². The van der Waals surface area contributed by atoms with Crippen LogP contribution in [-0.4, -0.2) is 46.6 Å². The van der Waals surface area contributed by atoms with Gasteiger partial charge in [0.15, 0.2) is 0 Å². The summed E-state index contributed by atoms with van der Waals surface area (Å²) in [6.45, 7) is 3.82. The molecule has 1 aromatic carbocycles. The number of benzene rings is 1. The molecule has 0 saturated carbocycles. The van der Waals surface area contributed by atoms with Crippen LogP contribution in [0.3, 0.4) is 0 Å². The maximum Gasteiger partial charge on any atom is 0.239 e. The normalized spacial score (nSPS) is 11.7. The van der Waals surface area contributed by atoms with Crippen LogP contribution in [0, 0.1) is 0 Å². The van der Waals surface area contributed by atoms with Crippen LogP contribution in [0.1, 0.15) is 113 Å². The number of primary sulfonamides is 1. The highest BCUT2D eigenvalue weighted by Crippen LogP contribution is 2.28.